The molecule has 0 radical (unpaired) electrons. The third kappa shape index (κ3) is 2.17. The summed E-state index contributed by atoms with van der Waals surface area (Å²) >= 11 is 0. The van der Waals surface area contributed by atoms with E-state index >= 15 is 0 Å². The van der Waals surface area contributed by atoms with Gasteiger partial charge in [-0.3, -0.25) is 4.90 Å². The summed E-state index contributed by atoms with van der Waals surface area (Å²) in [6.45, 7) is 6.57. The van der Waals surface area contributed by atoms with Crippen LogP contribution < -0.4 is 4.90 Å². The fourth-order valence-corrected chi connectivity index (χ4v) is 2.07. The van der Waals surface area contributed by atoms with Crippen LogP contribution in [0.2, 0.25) is 0 Å². The molecule has 1 fully saturated rings. The molecule has 1 aliphatic rings. The Kier molecular flexibility index (Phi) is 3.00. The number of carbonyl (C=O) groups is 1. The second-order valence-corrected chi connectivity index (χ2v) is 5.38. The van der Waals surface area contributed by atoms with Gasteiger partial charge in [-0.1, -0.05) is 39.0 Å². The Morgan fingerprint density at radius 3 is 2.61 bits per heavy atom. The van der Waals surface area contributed by atoms with Crippen LogP contribution in [0.4, 0.5) is 10.5 Å². The van der Waals surface area contributed by atoms with E-state index in [2.05, 4.69) is 20.8 Å². The van der Waals surface area contributed by atoms with Gasteiger partial charge in [0, 0.05) is 0 Å². The topological polar surface area (TPSA) is 53.3 Å². The van der Waals surface area contributed by atoms with E-state index in [4.69, 9.17) is 10.00 Å². The van der Waals surface area contributed by atoms with E-state index < -0.39 is 12.2 Å². The average molecular weight is 244 g/mol. The van der Waals surface area contributed by atoms with Gasteiger partial charge in [0.2, 0.25) is 6.10 Å². The van der Waals surface area contributed by atoms with E-state index in [-0.39, 0.29) is 5.41 Å². The molecule has 0 bridgehead atoms. The van der Waals surface area contributed by atoms with Gasteiger partial charge < -0.3 is 4.74 Å². The number of nitrogens with zero attached hydrogens (tertiary/aromatic N) is 2. The van der Waals surface area contributed by atoms with E-state index in [1.54, 1.807) is 0 Å². The fourth-order valence-electron chi connectivity index (χ4n) is 2.07. The number of para-hydroxylation sites is 1. The van der Waals surface area contributed by atoms with Crippen molar-refractivity contribution in [3.8, 4) is 6.07 Å². The maximum absolute atomic E-state index is 11.8. The molecule has 1 amide bonds. The summed E-state index contributed by atoms with van der Waals surface area (Å²) in [6, 6.07) is 9.70. The highest BCUT2D eigenvalue weighted by Crippen LogP contribution is 2.33. The largest absolute Gasteiger partial charge is 0.428 e. The van der Waals surface area contributed by atoms with Crippen LogP contribution in [-0.2, 0) is 10.2 Å². The third-order valence-corrected chi connectivity index (χ3v) is 2.96. The van der Waals surface area contributed by atoms with E-state index in [1.165, 1.54) is 4.90 Å². The quantitative estimate of drug-likeness (QED) is 0.763. The van der Waals surface area contributed by atoms with Crippen molar-refractivity contribution in [3.05, 3.63) is 29.8 Å². The Bertz CT molecular complexity index is 511. The van der Waals surface area contributed by atoms with Gasteiger partial charge in [0.25, 0.3) is 0 Å². The number of anilines is 1. The van der Waals surface area contributed by atoms with Crippen molar-refractivity contribution in [1.29, 1.82) is 5.26 Å². The number of nitriles is 1. The molecule has 1 saturated heterocycles. The zero-order chi connectivity index (χ0) is 13.3. The maximum Gasteiger partial charge on any atom is 0.415 e. The molecule has 0 spiro atoms. The molecule has 18 heavy (non-hydrogen) atoms. The number of hydrogen-bond donors (Lipinski definition) is 0. The lowest BCUT2D eigenvalue weighted by Crippen LogP contribution is -2.27. The second kappa shape index (κ2) is 4.34. The van der Waals surface area contributed by atoms with Gasteiger partial charge in [0.1, 0.15) is 6.07 Å². The standard InChI is InChI=1S/C14H16N2O2/c1-14(2,3)11-6-4-5-7-12(11)16-9-10(8-15)18-13(16)17/h4-7,10H,9H2,1-3H3. The Hall–Kier alpha value is -2.02. The minimum atomic E-state index is -0.675. The molecule has 0 aliphatic carbocycles. The van der Waals surface area contributed by atoms with Crippen LogP contribution in [0.3, 0.4) is 0 Å². The second-order valence-electron chi connectivity index (χ2n) is 5.38. The van der Waals surface area contributed by atoms with Crippen molar-refractivity contribution in [3.63, 3.8) is 0 Å². The molecular weight excluding hydrogens is 228 g/mol. The molecule has 1 aromatic carbocycles. The molecule has 4 heteroatoms. The van der Waals surface area contributed by atoms with E-state index in [1.807, 2.05) is 30.3 Å². The van der Waals surface area contributed by atoms with Crippen molar-refractivity contribution in [2.75, 3.05) is 11.4 Å². The summed E-state index contributed by atoms with van der Waals surface area (Å²) in [5, 5.41) is 8.82. The fraction of sp³-hybridized carbons (Fsp3) is 0.429. The summed E-state index contributed by atoms with van der Waals surface area (Å²) in [5.74, 6) is 0. The molecule has 1 aliphatic heterocycles. The molecule has 1 unspecified atom stereocenters. The van der Waals surface area contributed by atoms with E-state index in [9.17, 15) is 4.79 Å². The Morgan fingerprint density at radius 1 is 1.39 bits per heavy atom. The third-order valence-electron chi connectivity index (χ3n) is 2.96. The average Bonchev–Trinajstić information content (AvgIpc) is 2.69. The van der Waals surface area contributed by atoms with Crippen LogP contribution in [0, 0.1) is 11.3 Å². The summed E-state index contributed by atoms with van der Waals surface area (Å²) in [6.07, 6.45) is -1.12. The molecule has 4 nitrogen and oxygen atoms in total. The van der Waals surface area contributed by atoms with Crippen molar-refractivity contribution < 1.29 is 9.53 Å². The number of ether oxygens (including phenoxy) is 1. The van der Waals surface area contributed by atoms with Crippen LogP contribution in [0.1, 0.15) is 26.3 Å². The van der Waals surface area contributed by atoms with Gasteiger partial charge in [-0.05, 0) is 17.0 Å². The number of amides is 1. The molecule has 0 N–H and O–H groups in total. The van der Waals surface area contributed by atoms with Crippen LogP contribution in [0.25, 0.3) is 0 Å². The number of benzene rings is 1. The van der Waals surface area contributed by atoms with Gasteiger partial charge >= 0.3 is 6.09 Å². The van der Waals surface area contributed by atoms with Crippen molar-refractivity contribution in [2.45, 2.75) is 32.3 Å². The highest BCUT2D eigenvalue weighted by Gasteiger charge is 2.34. The SMILES string of the molecule is CC(C)(C)c1ccccc1N1CC(C#N)OC1=O. The first-order chi connectivity index (χ1) is 8.43. The first kappa shape index (κ1) is 12.4. The summed E-state index contributed by atoms with van der Waals surface area (Å²) < 4.78 is 4.97. The number of carbonyl (C=O) groups excluding carboxylic acids is 1. The normalized spacial score (nSPS) is 19.6. The Balaban J connectivity index is 2.41. The lowest BCUT2D eigenvalue weighted by atomic mass is 9.85. The predicted molar refractivity (Wildman–Crippen MR) is 68.4 cm³/mol. The van der Waals surface area contributed by atoms with E-state index in [0.29, 0.717) is 6.54 Å². The van der Waals surface area contributed by atoms with Gasteiger partial charge in [-0.2, -0.15) is 5.26 Å². The number of rotatable bonds is 1. The van der Waals surface area contributed by atoms with Gasteiger partial charge in [0.15, 0.2) is 0 Å². The Labute approximate surface area is 107 Å². The highest BCUT2D eigenvalue weighted by molar-refractivity contribution is 5.91. The summed E-state index contributed by atoms with van der Waals surface area (Å²) in [5.41, 5.74) is 1.83. The minimum absolute atomic E-state index is 0.0679. The zero-order valence-electron chi connectivity index (χ0n) is 10.8. The van der Waals surface area contributed by atoms with Gasteiger partial charge in [-0.15, -0.1) is 0 Å². The molecular formula is C14H16N2O2. The van der Waals surface area contributed by atoms with Crippen molar-refractivity contribution >= 4 is 11.8 Å². The van der Waals surface area contributed by atoms with Crippen molar-refractivity contribution in [2.24, 2.45) is 0 Å². The van der Waals surface area contributed by atoms with Gasteiger partial charge in [0.05, 0.1) is 12.2 Å². The maximum atomic E-state index is 11.8. The minimum Gasteiger partial charge on any atom is -0.428 e. The van der Waals surface area contributed by atoms with Crippen LogP contribution in [-0.4, -0.2) is 18.7 Å². The molecule has 0 saturated carbocycles. The van der Waals surface area contributed by atoms with Gasteiger partial charge in [-0.25, -0.2) is 4.79 Å². The van der Waals surface area contributed by atoms with E-state index in [0.717, 1.165) is 11.3 Å². The first-order valence-corrected chi connectivity index (χ1v) is 5.91. The van der Waals surface area contributed by atoms with Crippen LogP contribution >= 0.6 is 0 Å². The monoisotopic (exact) mass is 244 g/mol. The predicted octanol–water partition coefficient (Wildman–Crippen LogP) is 2.83. The molecule has 0 aromatic heterocycles. The first-order valence-electron chi connectivity index (χ1n) is 5.91. The Morgan fingerprint density at radius 2 is 2.06 bits per heavy atom. The molecule has 1 atom stereocenters. The molecule has 2 rings (SSSR count). The highest BCUT2D eigenvalue weighted by atomic mass is 16.6. The number of cyclic esters (lactones) is 1. The number of hydrogen-bond acceptors (Lipinski definition) is 3. The molecule has 1 heterocycles. The van der Waals surface area contributed by atoms with Crippen LogP contribution in [0.15, 0.2) is 24.3 Å². The lowest BCUT2D eigenvalue weighted by Gasteiger charge is -2.26. The zero-order valence-corrected chi connectivity index (χ0v) is 10.8. The molecule has 1 aromatic rings. The lowest BCUT2D eigenvalue weighted by molar-refractivity contribution is 0.162. The summed E-state index contributed by atoms with van der Waals surface area (Å²) in [7, 11) is 0. The summed E-state index contributed by atoms with van der Waals surface area (Å²) in [4.78, 5) is 13.3. The van der Waals surface area contributed by atoms with Crippen LogP contribution in [0.5, 0.6) is 0 Å². The van der Waals surface area contributed by atoms with Crippen molar-refractivity contribution in [1.82, 2.24) is 0 Å². The smallest absolute Gasteiger partial charge is 0.415 e. The molecule has 94 valence electrons.